The Hall–Kier alpha value is -1.45. The molecule has 0 spiro atoms. The number of fused-ring (bicyclic) bond motifs is 1. The summed E-state index contributed by atoms with van der Waals surface area (Å²) in [6.45, 7) is 2.64. The first kappa shape index (κ1) is 14.5. The largest absolute Gasteiger partial charge is 0.493 e. The third-order valence-corrected chi connectivity index (χ3v) is 5.16. The van der Waals surface area contributed by atoms with E-state index >= 15 is 0 Å². The van der Waals surface area contributed by atoms with E-state index in [0.717, 1.165) is 17.1 Å². The predicted molar refractivity (Wildman–Crippen MR) is 87.1 cm³/mol. The molecule has 0 radical (unpaired) electrons. The van der Waals surface area contributed by atoms with Crippen molar-refractivity contribution in [1.82, 2.24) is 0 Å². The van der Waals surface area contributed by atoms with E-state index in [1.165, 1.54) is 10.5 Å². The van der Waals surface area contributed by atoms with E-state index in [4.69, 9.17) is 4.74 Å². The van der Waals surface area contributed by atoms with Crippen LogP contribution in [0, 0.1) is 0 Å². The summed E-state index contributed by atoms with van der Waals surface area (Å²) in [5.74, 6) is 2.30. The number of ether oxygens (including phenoxy) is 1. The number of rotatable bonds is 5. The molecular weight excluding hydrogens is 280 g/mol. The normalized spacial score (nSPS) is 18.3. The number of benzene rings is 2. The molecule has 0 aliphatic carbocycles. The van der Waals surface area contributed by atoms with Crippen LogP contribution in [-0.4, -0.2) is 17.5 Å². The zero-order valence-electron chi connectivity index (χ0n) is 12.2. The van der Waals surface area contributed by atoms with Gasteiger partial charge >= 0.3 is 0 Å². The number of para-hydroxylation sites is 1. The lowest BCUT2D eigenvalue weighted by Crippen LogP contribution is -2.11. The van der Waals surface area contributed by atoms with Gasteiger partial charge in [0.25, 0.3) is 0 Å². The number of hydrogen-bond donors (Lipinski definition) is 1. The van der Waals surface area contributed by atoms with Crippen molar-refractivity contribution < 1.29 is 9.84 Å². The minimum Gasteiger partial charge on any atom is -0.493 e. The van der Waals surface area contributed by atoms with Crippen LogP contribution in [0.2, 0.25) is 0 Å². The van der Waals surface area contributed by atoms with E-state index in [1.807, 2.05) is 43.0 Å². The quantitative estimate of drug-likeness (QED) is 0.887. The number of hydrogen-bond acceptors (Lipinski definition) is 3. The zero-order chi connectivity index (χ0) is 14.7. The standard InChI is InChI=1S/C18H20O2S/c1-2-16(19)15-8-3-5-9-17(15)20-11-13-12-21-18-10-6-4-7-14(13)18/h3-10,13,16,19H,2,11-12H2,1H3/t13?,16-/m1/s1. The van der Waals surface area contributed by atoms with Crippen molar-refractivity contribution in [2.45, 2.75) is 30.3 Å². The van der Waals surface area contributed by atoms with Gasteiger partial charge in [-0.2, -0.15) is 0 Å². The SMILES string of the molecule is CC[C@@H](O)c1ccccc1OCC1CSc2ccccc21. The first-order valence-corrected chi connectivity index (χ1v) is 8.39. The fraction of sp³-hybridized carbons (Fsp3) is 0.333. The minimum atomic E-state index is -0.452. The lowest BCUT2D eigenvalue weighted by atomic mass is 10.0. The number of thioether (sulfide) groups is 1. The van der Waals surface area contributed by atoms with Crippen LogP contribution in [0.3, 0.4) is 0 Å². The molecule has 1 aliphatic heterocycles. The van der Waals surface area contributed by atoms with Crippen molar-refractivity contribution in [1.29, 1.82) is 0 Å². The minimum absolute atomic E-state index is 0.429. The van der Waals surface area contributed by atoms with E-state index in [0.29, 0.717) is 18.9 Å². The Morgan fingerprint density at radius 3 is 2.81 bits per heavy atom. The average Bonchev–Trinajstić information content (AvgIpc) is 2.96. The maximum Gasteiger partial charge on any atom is 0.125 e. The van der Waals surface area contributed by atoms with Gasteiger partial charge in [-0.1, -0.05) is 43.3 Å². The van der Waals surface area contributed by atoms with E-state index in [2.05, 4.69) is 24.3 Å². The summed E-state index contributed by atoms with van der Waals surface area (Å²) in [5, 5.41) is 10.1. The summed E-state index contributed by atoms with van der Waals surface area (Å²) in [6.07, 6.45) is 0.245. The van der Waals surface area contributed by atoms with E-state index in [9.17, 15) is 5.11 Å². The van der Waals surface area contributed by atoms with Crippen molar-refractivity contribution in [2.75, 3.05) is 12.4 Å². The van der Waals surface area contributed by atoms with Gasteiger partial charge in [-0.15, -0.1) is 11.8 Å². The molecular formula is C18H20O2S. The summed E-state index contributed by atoms with van der Waals surface area (Å²) in [5.41, 5.74) is 2.27. The Labute approximate surface area is 130 Å². The molecule has 1 unspecified atom stereocenters. The summed E-state index contributed by atoms with van der Waals surface area (Å²) in [6, 6.07) is 16.3. The molecule has 2 nitrogen and oxygen atoms in total. The van der Waals surface area contributed by atoms with Crippen molar-refractivity contribution in [3.8, 4) is 5.75 Å². The van der Waals surface area contributed by atoms with Crippen LogP contribution in [-0.2, 0) is 0 Å². The molecule has 3 rings (SSSR count). The molecule has 2 atom stereocenters. The second-order valence-corrected chi connectivity index (χ2v) is 6.38. The van der Waals surface area contributed by atoms with Crippen LogP contribution < -0.4 is 4.74 Å². The molecule has 1 heterocycles. The van der Waals surface area contributed by atoms with E-state index in [-0.39, 0.29) is 0 Å². The summed E-state index contributed by atoms with van der Waals surface area (Å²) < 4.78 is 6.03. The highest BCUT2D eigenvalue weighted by Gasteiger charge is 2.23. The number of aliphatic hydroxyl groups is 1. The topological polar surface area (TPSA) is 29.5 Å². The second-order valence-electron chi connectivity index (χ2n) is 5.32. The molecule has 2 aromatic carbocycles. The van der Waals surface area contributed by atoms with Gasteiger partial charge in [0.15, 0.2) is 0 Å². The summed E-state index contributed by atoms with van der Waals surface area (Å²) >= 11 is 1.90. The van der Waals surface area contributed by atoms with Crippen LogP contribution >= 0.6 is 11.8 Å². The van der Waals surface area contributed by atoms with E-state index < -0.39 is 6.10 Å². The molecule has 0 aromatic heterocycles. The maximum atomic E-state index is 10.1. The van der Waals surface area contributed by atoms with Gasteiger partial charge in [-0.25, -0.2) is 0 Å². The Kier molecular flexibility index (Phi) is 4.51. The van der Waals surface area contributed by atoms with Crippen molar-refractivity contribution in [3.63, 3.8) is 0 Å². The number of aliphatic hydroxyl groups excluding tert-OH is 1. The molecule has 2 aromatic rings. The Bertz CT molecular complexity index is 612. The molecule has 0 bridgehead atoms. The zero-order valence-corrected chi connectivity index (χ0v) is 13.0. The van der Waals surface area contributed by atoms with Crippen LogP contribution in [0.25, 0.3) is 0 Å². The first-order chi connectivity index (χ1) is 10.3. The van der Waals surface area contributed by atoms with Crippen LogP contribution in [0.5, 0.6) is 5.75 Å². The second kappa shape index (κ2) is 6.54. The molecule has 110 valence electrons. The molecule has 0 saturated carbocycles. The molecule has 1 N–H and O–H groups in total. The Morgan fingerprint density at radius 1 is 1.19 bits per heavy atom. The van der Waals surface area contributed by atoms with Gasteiger partial charge in [0.05, 0.1) is 12.7 Å². The lowest BCUT2D eigenvalue weighted by Gasteiger charge is -2.17. The lowest BCUT2D eigenvalue weighted by molar-refractivity contribution is 0.166. The molecule has 1 aliphatic rings. The monoisotopic (exact) mass is 300 g/mol. The fourth-order valence-electron chi connectivity index (χ4n) is 2.66. The van der Waals surface area contributed by atoms with Gasteiger partial charge < -0.3 is 9.84 Å². The van der Waals surface area contributed by atoms with Gasteiger partial charge in [0, 0.05) is 22.1 Å². The molecule has 0 fully saturated rings. The first-order valence-electron chi connectivity index (χ1n) is 7.41. The molecule has 0 amide bonds. The third-order valence-electron chi connectivity index (χ3n) is 3.90. The maximum absolute atomic E-state index is 10.1. The Morgan fingerprint density at radius 2 is 1.95 bits per heavy atom. The highest BCUT2D eigenvalue weighted by molar-refractivity contribution is 7.99. The van der Waals surface area contributed by atoms with Crippen LogP contribution in [0.4, 0.5) is 0 Å². The third kappa shape index (κ3) is 3.09. The fourth-order valence-corrected chi connectivity index (χ4v) is 3.90. The highest BCUT2D eigenvalue weighted by atomic mass is 32.2. The predicted octanol–water partition coefficient (Wildman–Crippen LogP) is 4.40. The molecule has 21 heavy (non-hydrogen) atoms. The van der Waals surface area contributed by atoms with Gasteiger partial charge in [-0.3, -0.25) is 0 Å². The van der Waals surface area contributed by atoms with Crippen molar-refractivity contribution in [3.05, 3.63) is 59.7 Å². The summed E-state index contributed by atoms with van der Waals surface area (Å²) in [7, 11) is 0. The average molecular weight is 300 g/mol. The van der Waals surface area contributed by atoms with Gasteiger partial charge in [0.2, 0.25) is 0 Å². The summed E-state index contributed by atoms with van der Waals surface area (Å²) in [4.78, 5) is 1.37. The van der Waals surface area contributed by atoms with Crippen molar-refractivity contribution in [2.24, 2.45) is 0 Å². The van der Waals surface area contributed by atoms with Crippen molar-refractivity contribution >= 4 is 11.8 Å². The smallest absolute Gasteiger partial charge is 0.125 e. The van der Waals surface area contributed by atoms with Gasteiger partial charge in [0.1, 0.15) is 5.75 Å². The molecule has 0 saturated heterocycles. The molecule has 3 heteroatoms. The van der Waals surface area contributed by atoms with Crippen LogP contribution in [0.15, 0.2) is 53.4 Å². The van der Waals surface area contributed by atoms with E-state index in [1.54, 1.807) is 0 Å². The highest BCUT2D eigenvalue weighted by Crippen LogP contribution is 2.39. The van der Waals surface area contributed by atoms with Crippen LogP contribution in [0.1, 0.15) is 36.5 Å². The Balaban J connectivity index is 1.72. The van der Waals surface area contributed by atoms with Gasteiger partial charge in [-0.05, 0) is 24.1 Å².